The van der Waals surface area contributed by atoms with Gasteiger partial charge in [-0.25, -0.2) is 0 Å². The summed E-state index contributed by atoms with van der Waals surface area (Å²) in [6.45, 7) is 7.83. The van der Waals surface area contributed by atoms with Crippen LogP contribution >= 0.6 is 0 Å². The van der Waals surface area contributed by atoms with E-state index < -0.39 is 0 Å². The second-order valence-electron chi connectivity index (χ2n) is 4.46. The highest BCUT2D eigenvalue weighted by atomic mass is 16.2. The van der Waals surface area contributed by atoms with Crippen molar-refractivity contribution in [2.75, 3.05) is 13.1 Å². The lowest BCUT2D eigenvalue weighted by Crippen LogP contribution is -2.41. The first-order chi connectivity index (χ1) is 5.42. The highest BCUT2D eigenvalue weighted by Crippen LogP contribution is 2.28. The van der Waals surface area contributed by atoms with Crippen LogP contribution in [0.3, 0.4) is 0 Å². The minimum absolute atomic E-state index is 0.0839. The Balaban J connectivity index is 2.53. The van der Waals surface area contributed by atoms with Gasteiger partial charge in [0.15, 0.2) is 0 Å². The predicted molar refractivity (Wildman–Crippen MR) is 48.6 cm³/mol. The van der Waals surface area contributed by atoms with Crippen LogP contribution in [-0.4, -0.2) is 29.9 Å². The van der Waals surface area contributed by atoms with Crippen LogP contribution in [0.1, 0.15) is 27.2 Å². The Morgan fingerprint density at radius 1 is 1.58 bits per heavy atom. The fraction of sp³-hybridized carbons (Fsp3) is 0.889. The Morgan fingerprint density at radius 3 is 2.50 bits per heavy atom. The van der Waals surface area contributed by atoms with Gasteiger partial charge in [0, 0.05) is 13.1 Å². The summed E-state index contributed by atoms with van der Waals surface area (Å²) in [6, 6.07) is -0.348. The first kappa shape index (κ1) is 9.52. The number of rotatable bonds is 1. The molecule has 1 atom stereocenters. The van der Waals surface area contributed by atoms with Crippen molar-refractivity contribution in [3.05, 3.63) is 0 Å². The smallest absolute Gasteiger partial charge is 0.239 e. The molecule has 0 saturated carbocycles. The number of carbonyl (C=O) groups excluding carboxylic acids is 1. The maximum atomic E-state index is 11.4. The van der Waals surface area contributed by atoms with Gasteiger partial charge in [-0.15, -0.1) is 0 Å². The van der Waals surface area contributed by atoms with Gasteiger partial charge in [0.25, 0.3) is 0 Å². The molecule has 70 valence electrons. The first-order valence-electron chi connectivity index (χ1n) is 4.47. The largest absolute Gasteiger partial charge is 0.341 e. The summed E-state index contributed by atoms with van der Waals surface area (Å²) in [5.41, 5.74) is 5.80. The van der Waals surface area contributed by atoms with Crippen molar-refractivity contribution >= 4 is 5.91 Å². The molecule has 0 aromatic rings. The van der Waals surface area contributed by atoms with Gasteiger partial charge < -0.3 is 10.6 Å². The molecule has 1 aliphatic rings. The van der Waals surface area contributed by atoms with Gasteiger partial charge in [-0.2, -0.15) is 0 Å². The number of hydrogen-bond acceptors (Lipinski definition) is 2. The van der Waals surface area contributed by atoms with E-state index in [1.165, 1.54) is 0 Å². The lowest BCUT2D eigenvalue weighted by molar-refractivity contribution is -0.131. The molecule has 3 heteroatoms. The number of likely N-dealkylation sites (tertiary alicyclic amines) is 1. The molecule has 0 aromatic carbocycles. The van der Waals surface area contributed by atoms with Crippen LogP contribution < -0.4 is 5.73 Å². The van der Waals surface area contributed by atoms with Crippen LogP contribution in [0.2, 0.25) is 0 Å². The number of amides is 1. The number of nitrogens with two attached hydrogens (primary N) is 1. The van der Waals surface area contributed by atoms with Crippen molar-refractivity contribution in [2.24, 2.45) is 11.1 Å². The molecule has 1 heterocycles. The fourth-order valence-corrected chi connectivity index (χ4v) is 1.59. The van der Waals surface area contributed by atoms with Crippen molar-refractivity contribution in [3.8, 4) is 0 Å². The van der Waals surface area contributed by atoms with Gasteiger partial charge in [0.2, 0.25) is 5.91 Å². The summed E-state index contributed by atoms with van der Waals surface area (Å²) in [4.78, 5) is 13.3. The van der Waals surface area contributed by atoms with Crippen LogP contribution in [0.4, 0.5) is 0 Å². The van der Waals surface area contributed by atoms with Crippen LogP contribution in [0, 0.1) is 5.41 Å². The molecule has 1 fully saturated rings. The summed E-state index contributed by atoms with van der Waals surface area (Å²) >= 11 is 0. The highest BCUT2D eigenvalue weighted by molar-refractivity contribution is 5.81. The van der Waals surface area contributed by atoms with Crippen LogP contribution in [0.25, 0.3) is 0 Å². The summed E-state index contributed by atoms with van der Waals surface area (Å²) in [7, 11) is 0. The van der Waals surface area contributed by atoms with Crippen molar-refractivity contribution in [1.29, 1.82) is 0 Å². The van der Waals surface area contributed by atoms with Crippen molar-refractivity contribution < 1.29 is 4.79 Å². The van der Waals surface area contributed by atoms with Crippen LogP contribution in [-0.2, 0) is 4.79 Å². The van der Waals surface area contributed by atoms with Crippen molar-refractivity contribution in [3.63, 3.8) is 0 Å². The molecule has 12 heavy (non-hydrogen) atoms. The zero-order chi connectivity index (χ0) is 9.35. The summed E-state index contributed by atoms with van der Waals surface area (Å²) in [6.07, 6.45) is 1.09. The van der Waals surface area contributed by atoms with Gasteiger partial charge in [-0.1, -0.05) is 13.8 Å². The van der Waals surface area contributed by atoms with E-state index in [4.69, 9.17) is 5.73 Å². The van der Waals surface area contributed by atoms with E-state index in [9.17, 15) is 4.79 Å². The molecule has 1 rings (SSSR count). The van der Waals surface area contributed by atoms with E-state index >= 15 is 0 Å². The number of hydrogen-bond donors (Lipinski definition) is 1. The standard InChI is InChI=1S/C9H18N2O/c1-7(10)8(12)11-5-4-9(2,3)6-11/h7H,4-6,10H2,1-3H3. The second kappa shape index (κ2) is 3.05. The predicted octanol–water partition coefficient (Wildman–Crippen LogP) is 0.592. The maximum Gasteiger partial charge on any atom is 0.239 e. The molecule has 1 unspecified atom stereocenters. The SMILES string of the molecule is CC(N)C(=O)N1CCC(C)(C)C1. The first-order valence-corrected chi connectivity index (χ1v) is 4.47. The molecular weight excluding hydrogens is 152 g/mol. The molecule has 1 aliphatic heterocycles. The van der Waals surface area contributed by atoms with Gasteiger partial charge >= 0.3 is 0 Å². The average Bonchev–Trinajstić information content (AvgIpc) is 2.28. The van der Waals surface area contributed by atoms with Gasteiger partial charge in [-0.3, -0.25) is 4.79 Å². The zero-order valence-corrected chi connectivity index (χ0v) is 8.13. The lowest BCUT2D eigenvalue weighted by Gasteiger charge is -2.21. The monoisotopic (exact) mass is 170 g/mol. The maximum absolute atomic E-state index is 11.4. The normalized spacial score (nSPS) is 24.2. The highest BCUT2D eigenvalue weighted by Gasteiger charge is 2.32. The van der Waals surface area contributed by atoms with Crippen molar-refractivity contribution in [1.82, 2.24) is 4.90 Å². The Kier molecular flexibility index (Phi) is 2.42. The fourth-order valence-electron chi connectivity index (χ4n) is 1.59. The third-order valence-corrected chi connectivity index (χ3v) is 2.38. The second-order valence-corrected chi connectivity index (χ2v) is 4.46. The molecular formula is C9H18N2O. The van der Waals surface area contributed by atoms with E-state index in [1.54, 1.807) is 6.92 Å². The van der Waals surface area contributed by atoms with E-state index in [2.05, 4.69) is 13.8 Å². The Bertz CT molecular complexity index is 187. The minimum atomic E-state index is -0.348. The third kappa shape index (κ3) is 1.97. The Morgan fingerprint density at radius 2 is 2.17 bits per heavy atom. The number of carbonyl (C=O) groups is 1. The van der Waals surface area contributed by atoms with Crippen LogP contribution in [0.5, 0.6) is 0 Å². The molecule has 2 N–H and O–H groups in total. The molecule has 1 saturated heterocycles. The Labute approximate surface area is 73.9 Å². The van der Waals surface area contributed by atoms with E-state index in [1.807, 2.05) is 4.90 Å². The van der Waals surface area contributed by atoms with E-state index in [0.29, 0.717) is 0 Å². The summed E-state index contributed by atoms with van der Waals surface area (Å²) in [5, 5.41) is 0. The minimum Gasteiger partial charge on any atom is -0.341 e. The van der Waals surface area contributed by atoms with Gasteiger partial charge in [-0.05, 0) is 18.8 Å². The Hall–Kier alpha value is -0.570. The quantitative estimate of drug-likeness (QED) is 0.626. The zero-order valence-electron chi connectivity index (χ0n) is 8.13. The third-order valence-electron chi connectivity index (χ3n) is 2.38. The molecule has 3 nitrogen and oxygen atoms in total. The lowest BCUT2D eigenvalue weighted by atomic mass is 9.93. The average molecular weight is 170 g/mol. The van der Waals surface area contributed by atoms with Gasteiger partial charge in [0.1, 0.15) is 0 Å². The molecule has 1 amide bonds. The summed E-state index contributed by atoms with van der Waals surface area (Å²) in [5.74, 6) is 0.0839. The van der Waals surface area contributed by atoms with Crippen molar-refractivity contribution in [2.45, 2.75) is 33.2 Å². The van der Waals surface area contributed by atoms with E-state index in [-0.39, 0.29) is 17.4 Å². The number of nitrogens with zero attached hydrogens (tertiary/aromatic N) is 1. The molecule has 0 radical (unpaired) electrons. The van der Waals surface area contributed by atoms with E-state index in [0.717, 1.165) is 19.5 Å². The van der Waals surface area contributed by atoms with Gasteiger partial charge in [0.05, 0.1) is 6.04 Å². The summed E-state index contributed by atoms with van der Waals surface area (Å²) < 4.78 is 0. The molecule has 0 bridgehead atoms. The van der Waals surface area contributed by atoms with Crippen LogP contribution in [0.15, 0.2) is 0 Å². The molecule has 0 aliphatic carbocycles. The molecule has 0 aromatic heterocycles. The topological polar surface area (TPSA) is 46.3 Å². The molecule has 0 spiro atoms.